The van der Waals surface area contributed by atoms with Crippen LogP contribution in [0, 0.1) is 6.92 Å². The molecule has 0 saturated carbocycles. The van der Waals surface area contributed by atoms with Crippen LogP contribution in [0.15, 0.2) is 18.9 Å². The van der Waals surface area contributed by atoms with E-state index in [1.807, 2.05) is 17.7 Å². The Morgan fingerprint density at radius 1 is 1.64 bits per heavy atom. The molecule has 0 bridgehead atoms. The van der Waals surface area contributed by atoms with Gasteiger partial charge >= 0.3 is 0 Å². The standard InChI is InChI=1S/C11H19N3/c1-5-6-14-8-11(10(4)13-14)7-12-9(2)3/h5,8-9,12H,1,6-7H2,2-4H3. The van der Waals surface area contributed by atoms with Crippen LogP contribution in [0.4, 0.5) is 0 Å². The first-order chi connectivity index (χ1) is 6.63. The summed E-state index contributed by atoms with van der Waals surface area (Å²) in [6, 6.07) is 0.511. The van der Waals surface area contributed by atoms with Gasteiger partial charge in [-0.15, -0.1) is 6.58 Å². The Labute approximate surface area is 85.8 Å². The maximum Gasteiger partial charge on any atom is 0.0638 e. The number of hydrogen-bond donors (Lipinski definition) is 1. The van der Waals surface area contributed by atoms with Crippen LogP contribution in [0.1, 0.15) is 25.1 Å². The lowest BCUT2D eigenvalue weighted by Crippen LogP contribution is -2.21. The molecule has 1 rings (SSSR count). The normalized spacial score (nSPS) is 10.9. The van der Waals surface area contributed by atoms with Crippen LogP contribution in [0.5, 0.6) is 0 Å². The van der Waals surface area contributed by atoms with Crippen LogP contribution in [0.3, 0.4) is 0 Å². The molecule has 0 amide bonds. The molecule has 3 heteroatoms. The van der Waals surface area contributed by atoms with Gasteiger partial charge in [-0.05, 0) is 6.92 Å². The predicted octanol–water partition coefficient (Wildman–Crippen LogP) is 1.88. The van der Waals surface area contributed by atoms with Crippen molar-refractivity contribution in [1.82, 2.24) is 15.1 Å². The van der Waals surface area contributed by atoms with Crippen molar-refractivity contribution >= 4 is 0 Å². The third-order valence-corrected chi connectivity index (χ3v) is 2.06. The molecule has 1 N–H and O–H groups in total. The summed E-state index contributed by atoms with van der Waals surface area (Å²) in [6.07, 6.45) is 3.93. The molecule has 1 heterocycles. The Kier molecular flexibility index (Phi) is 3.89. The van der Waals surface area contributed by atoms with Gasteiger partial charge in [0.05, 0.1) is 12.2 Å². The van der Waals surface area contributed by atoms with Crippen molar-refractivity contribution in [3.05, 3.63) is 30.1 Å². The molecule has 0 aliphatic carbocycles. The van der Waals surface area contributed by atoms with Crippen molar-refractivity contribution in [1.29, 1.82) is 0 Å². The first-order valence-electron chi connectivity index (χ1n) is 5.00. The van der Waals surface area contributed by atoms with E-state index >= 15 is 0 Å². The zero-order valence-electron chi connectivity index (χ0n) is 9.25. The molecule has 0 atom stereocenters. The van der Waals surface area contributed by atoms with Crippen LogP contribution < -0.4 is 5.32 Å². The SMILES string of the molecule is C=CCn1cc(CNC(C)C)c(C)n1. The molecule has 1 aromatic rings. The maximum absolute atomic E-state index is 4.38. The maximum atomic E-state index is 4.38. The summed E-state index contributed by atoms with van der Waals surface area (Å²) in [5.41, 5.74) is 2.36. The van der Waals surface area contributed by atoms with Crippen LogP contribution in [0.25, 0.3) is 0 Å². The van der Waals surface area contributed by atoms with Crippen molar-refractivity contribution < 1.29 is 0 Å². The van der Waals surface area contributed by atoms with Gasteiger partial charge in [-0.25, -0.2) is 0 Å². The van der Waals surface area contributed by atoms with Gasteiger partial charge in [-0.2, -0.15) is 5.10 Å². The van der Waals surface area contributed by atoms with Crippen LogP contribution in [-0.2, 0) is 13.1 Å². The number of aryl methyl sites for hydroxylation is 1. The molecule has 3 nitrogen and oxygen atoms in total. The Balaban J connectivity index is 2.62. The lowest BCUT2D eigenvalue weighted by Gasteiger charge is -2.06. The Morgan fingerprint density at radius 3 is 2.93 bits per heavy atom. The molecule has 0 spiro atoms. The first kappa shape index (κ1) is 11.0. The Hall–Kier alpha value is -1.09. The molecule has 0 aliphatic rings. The summed E-state index contributed by atoms with van der Waals surface area (Å²) < 4.78 is 1.92. The second-order valence-corrected chi connectivity index (χ2v) is 3.79. The fourth-order valence-corrected chi connectivity index (χ4v) is 1.27. The lowest BCUT2D eigenvalue weighted by molar-refractivity contribution is 0.587. The van der Waals surface area contributed by atoms with Crippen LogP contribution >= 0.6 is 0 Å². The van der Waals surface area contributed by atoms with E-state index in [-0.39, 0.29) is 0 Å². The van der Waals surface area contributed by atoms with E-state index in [0.717, 1.165) is 18.8 Å². The molecule has 78 valence electrons. The summed E-state index contributed by atoms with van der Waals surface area (Å²) in [4.78, 5) is 0. The highest BCUT2D eigenvalue weighted by Gasteiger charge is 2.03. The second-order valence-electron chi connectivity index (χ2n) is 3.79. The molecule has 0 saturated heterocycles. The number of nitrogens with one attached hydrogen (secondary N) is 1. The predicted molar refractivity (Wildman–Crippen MR) is 59.1 cm³/mol. The monoisotopic (exact) mass is 193 g/mol. The Morgan fingerprint density at radius 2 is 2.36 bits per heavy atom. The van der Waals surface area contributed by atoms with Gasteiger partial charge in [0.25, 0.3) is 0 Å². The zero-order valence-corrected chi connectivity index (χ0v) is 9.25. The number of nitrogens with zero attached hydrogens (tertiary/aromatic N) is 2. The van der Waals surface area contributed by atoms with E-state index in [9.17, 15) is 0 Å². The van der Waals surface area contributed by atoms with E-state index in [2.05, 4.69) is 37.0 Å². The van der Waals surface area contributed by atoms with Gasteiger partial charge in [-0.3, -0.25) is 4.68 Å². The topological polar surface area (TPSA) is 29.9 Å². The summed E-state index contributed by atoms with van der Waals surface area (Å²) in [5.74, 6) is 0. The summed E-state index contributed by atoms with van der Waals surface area (Å²) >= 11 is 0. The van der Waals surface area contributed by atoms with E-state index in [0.29, 0.717) is 6.04 Å². The number of rotatable bonds is 5. The highest BCUT2D eigenvalue weighted by atomic mass is 15.3. The molecule has 0 aromatic carbocycles. The van der Waals surface area contributed by atoms with Gasteiger partial charge in [0.1, 0.15) is 0 Å². The molecular formula is C11H19N3. The molecule has 0 fully saturated rings. The molecular weight excluding hydrogens is 174 g/mol. The van der Waals surface area contributed by atoms with Gasteiger partial charge in [-0.1, -0.05) is 19.9 Å². The number of allylic oxidation sites excluding steroid dienone is 1. The molecule has 0 unspecified atom stereocenters. The highest BCUT2D eigenvalue weighted by molar-refractivity contribution is 5.15. The van der Waals surface area contributed by atoms with Gasteiger partial charge in [0, 0.05) is 24.3 Å². The minimum atomic E-state index is 0.511. The number of aromatic nitrogens is 2. The summed E-state index contributed by atoms with van der Waals surface area (Å²) in [7, 11) is 0. The van der Waals surface area contributed by atoms with Crippen LogP contribution in [0.2, 0.25) is 0 Å². The van der Waals surface area contributed by atoms with Crippen molar-refractivity contribution in [2.24, 2.45) is 0 Å². The van der Waals surface area contributed by atoms with E-state index < -0.39 is 0 Å². The highest BCUT2D eigenvalue weighted by Crippen LogP contribution is 2.05. The van der Waals surface area contributed by atoms with Crippen molar-refractivity contribution in [2.75, 3.05) is 0 Å². The van der Waals surface area contributed by atoms with Crippen LogP contribution in [-0.4, -0.2) is 15.8 Å². The van der Waals surface area contributed by atoms with E-state index in [1.54, 1.807) is 0 Å². The summed E-state index contributed by atoms with van der Waals surface area (Å²) in [5, 5.41) is 7.76. The lowest BCUT2D eigenvalue weighted by atomic mass is 10.2. The Bertz CT molecular complexity index is 299. The molecule has 1 aromatic heterocycles. The van der Waals surface area contributed by atoms with Crippen molar-refractivity contribution in [3.63, 3.8) is 0 Å². The minimum Gasteiger partial charge on any atom is -0.310 e. The first-order valence-corrected chi connectivity index (χ1v) is 5.00. The van der Waals surface area contributed by atoms with E-state index in [4.69, 9.17) is 0 Å². The fourth-order valence-electron chi connectivity index (χ4n) is 1.27. The summed E-state index contributed by atoms with van der Waals surface area (Å²) in [6.45, 7) is 11.7. The quantitative estimate of drug-likeness (QED) is 0.724. The van der Waals surface area contributed by atoms with Gasteiger partial charge < -0.3 is 5.32 Å². The second kappa shape index (κ2) is 4.96. The largest absolute Gasteiger partial charge is 0.310 e. The average Bonchev–Trinajstić information content (AvgIpc) is 2.44. The molecule has 0 radical (unpaired) electrons. The molecule has 14 heavy (non-hydrogen) atoms. The van der Waals surface area contributed by atoms with Crippen molar-refractivity contribution in [3.8, 4) is 0 Å². The van der Waals surface area contributed by atoms with Crippen molar-refractivity contribution in [2.45, 2.75) is 39.9 Å². The smallest absolute Gasteiger partial charge is 0.0638 e. The molecule has 0 aliphatic heterocycles. The third kappa shape index (κ3) is 3.00. The third-order valence-electron chi connectivity index (χ3n) is 2.06. The zero-order chi connectivity index (χ0) is 10.6. The fraction of sp³-hybridized carbons (Fsp3) is 0.545. The average molecular weight is 193 g/mol. The van der Waals surface area contributed by atoms with E-state index in [1.165, 1.54) is 5.56 Å². The van der Waals surface area contributed by atoms with Gasteiger partial charge in [0.2, 0.25) is 0 Å². The van der Waals surface area contributed by atoms with Gasteiger partial charge in [0.15, 0.2) is 0 Å². The minimum absolute atomic E-state index is 0.511. The number of hydrogen-bond acceptors (Lipinski definition) is 2.